The number of ketones is 1. The zero-order chi connectivity index (χ0) is 13.8. The second kappa shape index (κ2) is 6.61. The van der Waals surface area contributed by atoms with Crippen molar-refractivity contribution in [1.29, 1.82) is 0 Å². The van der Waals surface area contributed by atoms with Crippen LogP contribution in [0.15, 0.2) is 23.1 Å². The summed E-state index contributed by atoms with van der Waals surface area (Å²) in [5, 5.41) is 0.213. The molecule has 0 aliphatic carbocycles. The van der Waals surface area contributed by atoms with Crippen LogP contribution in [-0.4, -0.2) is 16.6 Å². The molecule has 0 atom stereocenters. The maximum atomic E-state index is 12.3. The van der Waals surface area contributed by atoms with Crippen LogP contribution < -0.4 is 0 Å². The Kier molecular flexibility index (Phi) is 5.72. The molecule has 0 unspecified atom stereocenters. The molecule has 18 heavy (non-hydrogen) atoms. The second-order valence-electron chi connectivity index (χ2n) is 3.74. The van der Waals surface area contributed by atoms with Crippen LogP contribution >= 0.6 is 27.7 Å². The first kappa shape index (κ1) is 15.6. The van der Waals surface area contributed by atoms with Gasteiger partial charge in [0, 0.05) is 11.3 Å². The summed E-state index contributed by atoms with van der Waals surface area (Å²) >= 11 is 2.90. The fraction of sp³-hybridized carbons (Fsp3) is 0.417. The Hall–Kier alpha value is -0.490. The highest BCUT2D eigenvalue weighted by atomic mass is 79.9. The van der Waals surface area contributed by atoms with E-state index in [9.17, 15) is 18.0 Å². The van der Waals surface area contributed by atoms with Crippen molar-refractivity contribution in [2.45, 2.75) is 30.2 Å². The average molecular weight is 341 g/mol. The number of hydrogen-bond donors (Lipinski definition) is 0. The van der Waals surface area contributed by atoms with Crippen LogP contribution in [0.4, 0.5) is 13.2 Å². The van der Waals surface area contributed by atoms with E-state index in [2.05, 4.69) is 15.9 Å². The van der Waals surface area contributed by atoms with Crippen LogP contribution in [0.3, 0.4) is 0 Å². The fourth-order valence-electron chi connectivity index (χ4n) is 1.50. The second-order valence-corrected chi connectivity index (χ2v) is 5.43. The predicted molar refractivity (Wildman–Crippen MR) is 70.2 cm³/mol. The lowest BCUT2D eigenvalue weighted by Crippen LogP contribution is -2.05. The van der Waals surface area contributed by atoms with Gasteiger partial charge < -0.3 is 0 Å². The monoisotopic (exact) mass is 340 g/mol. The van der Waals surface area contributed by atoms with Crippen molar-refractivity contribution in [3.8, 4) is 0 Å². The molecule has 0 amide bonds. The third-order valence-electron chi connectivity index (χ3n) is 2.22. The smallest absolute Gasteiger partial charge is 0.298 e. The number of rotatable bonds is 5. The molecule has 0 aromatic heterocycles. The van der Waals surface area contributed by atoms with Crippen molar-refractivity contribution in [2.24, 2.45) is 0 Å². The molecule has 6 heteroatoms. The van der Waals surface area contributed by atoms with Gasteiger partial charge in [-0.3, -0.25) is 4.79 Å². The van der Waals surface area contributed by atoms with E-state index in [-0.39, 0.29) is 34.2 Å². The third kappa shape index (κ3) is 5.44. The van der Waals surface area contributed by atoms with Crippen LogP contribution in [-0.2, 0) is 17.6 Å². The Bertz CT molecular complexity index is 432. The molecular formula is C12H12BrF3OS. The summed E-state index contributed by atoms with van der Waals surface area (Å²) in [6.45, 7) is 1.87. The Morgan fingerprint density at radius 2 is 1.89 bits per heavy atom. The molecule has 0 saturated heterocycles. The van der Waals surface area contributed by atoms with Crippen LogP contribution in [0.25, 0.3) is 0 Å². The van der Waals surface area contributed by atoms with E-state index < -0.39 is 5.51 Å². The van der Waals surface area contributed by atoms with Gasteiger partial charge in [0.1, 0.15) is 5.78 Å². The van der Waals surface area contributed by atoms with E-state index in [1.165, 1.54) is 12.1 Å². The van der Waals surface area contributed by atoms with Gasteiger partial charge in [-0.25, -0.2) is 0 Å². The fourth-order valence-corrected chi connectivity index (χ4v) is 2.39. The number of carbonyl (C=O) groups excluding carboxylic acids is 1. The first-order valence-corrected chi connectivity index (χ1v) is 7.24. The molecule has 0 aliphatic rings. The Labute approximate surface area is 116 Å². The molecule has 100 valence electrons. The summed E-state index contributed by atoms with van der Waals surface area (Å²) in [5.41, 5.74) is -2.87. The Morgan fingerprint density at radius 1 is 1.28 bits per heavy atom. The largest absolute Gasteiger partial charge is 0.446 e. The molecule has 1 aromatic rings. The van der Waals surface area contributed by atoms with E-state index in [0.717, 1.165) is 5.56 Å². The number of hydrogen-bond acceptors (Lipinski definition) is 2. The minimum Gasteiger partial charge on any atom is -0.298 e. The minimum atomic E-state index is -4.30. The molecular weight excluding hydrogens is 329 g/mol. The van der Waals surface area contributed by atoms with Gasteiger partial charge in [-0.05, 0) is 41.4 Å². The van der Waals surface area contributed by atoms with Crippen molar-refractivity contribution in [2.75, 3.05) is 5.33 Å². The maximum absolute atomic E-state index is 12.3. The van der Waals surface area contributed by atoms with Crippen LogP contribution in [0, 0.1) is 0 Å². The van der Waals surface area contributed by atoms with E-state index >= 15 is 0 Å². The van der Waals surface area contributed by atoms with Gasteiger partial charge in [0.2, 0.25) is 0 Å². The van der Waals surface area contributed by atoms with Crippen molar-refractivity contribution in [3.63, 3.8) is 0 Å². The SMILES string of the molecule is CCc1cc(CC(=O)CBr)cc(SC(F)(F)F)c1. The van der Waals surface area contributed by atoms with Gasteiger partial charge in [0.15, 0.2) is 0 Å². The highest BCUT2D eigenvalue weighted by Crippen LogP contribution is 2.37. The zero-order valence-electron chi connectivity index (χ0n) is 9.68. The minimum absolute atomic E-state index is 0.0498. The average Bonchev–Trinajstić information content (AvgIpc) is 2.26. The van der Waals surface area contributed by atoms with E-state index in [0.29, 0.717) is 12.0 Å². The van der Waals surface area contributed by atoms with Gasteiger partial charge in [-0.15, -0.1) is 0 Å². The van der Waals surface area contributed by atoms with Crippen LogP contribution in [0.1, 0.15) is 18.1 Å². The number of alkyl halides is 4. The standard InChI is InChI=1S/C12H12BrF3OS/c1-2-8-3-9(4-10(17)7-13)6-11(5-8)18-12(14,15)16/h3,5-6H,2,4,7H2,1H3. The number of benzene rings is 1. The predicted octanol–water partition coefficient (Wildman–Crippen LogP) is 4.37. The summed E-state index contributed by atoms with van der Waals surface area (Å²) < 4.78 is 37.0. The highest BCUT2D eigenvalue weighted by molar-refractivity contribution is 9.09. The van der Waals surface area contributed by atoms with Crippen molar-refractivity contribution in [1.82, 2.24) is 0 Å². The van der Waals surface area contributed by atoms with Gasteiger partial charge in [0.05, 0.1) is 5.33 Å². The van der Waals surface area contributed by atoms with E-state index in [1.807, 2.05) is 6.92 Å². The molecule has 0 saturated carbocycles. The summed E-state index contributed by atoms with van der Waals surface area (Å²) in [6.07, 6.45) is 0.798. The first-order chi connectivity index (χ1) is 8.34. The molecule has 1 aromatic carbocycles. The van der Waals surface area contributed by atoms with Gasteiger partial charge in [-0.1, -0.05) is 28.9 Å². The third-order valence-corrected chi connectivity index (χ3v) is 3.55. The van der Waals surface area contributed by atoms with Gasteiger partial charge in [-0.2, -0.15) is 13.2 Å². The lowest BCUT2D eigenvalue weighted by Gasteiger charge is -2.09. The van der Waals surface area contributed by atoms with Crippen LogP contribution in [0.2, 0.25) is 0 Å². The van der Waals surface area contributed by atoms with Crippen molar-refractivity contribution in [3.05, 3.63) is 29.3 Å². The summed E-state index contributed by atoms with van der Waals surface area (Å²) in [5.74, 6) is -0.0498. The summed E-state index contributed by atoms with van der Waals surface area (Å²) in [7, 11) is 0. The molecule has 0 spiro atoms. The van der Waals surface area contributed by atoms with E-state index in [1.54, 1.807) is 6.07 Å². The lowest BCUT2D eigenvalue weighted by molar-refractivity contribution is -0.115. The summed E-state index contributed by atoms with van der Waals surface area (Å²) in [6, 6.07) is 4.72. The van der Waals surface area contributed by atoms with Crippen molar-refractivity contribution >= 4 is 33.5 Å². The molecule has 1 nitrogen and oxygen atoms in total. The number of aryl methyl sites for hydroxylation is 1. The molecule has 1 rings (SSSR count). The van der Waals surface area contributed by atoms with Gasteiger partial charge in [0.25, 0.3) is 0 Å². The zero-order valence-corrected chi connectivity index (χ0v) is 12.1. The molecule has 0 fully saturated rings. The number of halogens is 4. The lowest BCUT2D eigenvalue weighted by atomic mass is 10.1. The normalized spacial score (nSPS) is 11.6. The number of thioether (sulfide) groups is 1. The number of Topliss-reactive ketones (excluding diaryl/α,β-unsaturated/α-hetero) is 1. The first-order valence-electron chi connectivity index (χ1n) is 5.30. The Balaban J connectivity index is 2.98. The molecule has 0 aliphatic heterocycles. The topological polar surface area (TPSA) is 17.1 Å². The highest BCUT2D eigenvalue weighted by Gasteiger charge is 2.29. The quantitative estimate of drug-likeness (QED) is 0.584. The van der Waals surface area contributed by atoms with Crippen LogP contribution in [0.5, 0.6) is 0 Å². The van der Waals surface area contributed by atoms with E-state index in [4.69, 9.17) is 0 Å². The maximum Gasteiger partial charge on any atom is 0.446 e. The van der Waals surface area contributed by atoms with Crippen molar-refractivity contribution < 1.29 is 18.0 Å². The van der Waals surface area contributed by atoms with Gasteiger partial charge >= 0.3 is 5.51 Å². The molecule has 0 bridgehead atoms. The number of carbonyl (C=O) groups is 1. The summed E-state index contributed by atoms with van der Waals surface area (Å²) in [4.78, 5) is 11.4. The molecule has 0 radical (unpaired) electrons. The molecule has 0 N–H and O–H groups in total. The Morgan fingerprint density at radius 3 is 2.39 bits per heavy atom. The molecule has 0 heterocycles.